The minimum atomic E-state index is -0.303. The third kappa shape index (κ3) is 2.74. The van der Waals surface area contributed by atoms with E-state index < -0.39 is 0 Å². The molecule has 1 aliphatic carbocycles. The Labute approximate surface area is 99.1 Å². The minimum Gasteiger partial charge on any atom is -0.387 e. The molecule has 0 saturated carbocycles. The normalized spacial score (nSPS) is 20.7. The Morgan fingerprint density at radius 3 is 3.07 bits per heavy atom. The molecular weight excluding hydrogens is 226 g/mol. The summed E-state index contributed by atoms with van der Waals surface area (Å²) >= 11 is 3.70. The second kappa shape index (κ2) is 4.85. The van der Waals surface area contributed by atoms with E-state index in [2.05, 4.69) is 18.8 Å². The van der Waals surface area contributed by atoms with Crippen LogP contribution in [0.15, 0.2) is 0 Å². The Balaban J connectivity index is 2.08. The molecule has 0 fully saturated rings. The van der Waals surface area contributed by atoms with Gasteiger partial charge in [-0.2, -0.15) is 11.8 Å². The summed E-state index contributed by atoms with van der Waals surface area (Å²) in [7, 11) is 0. The molecule has 15 heavy (non-hydrogen) atoms. The van der Waals surface area contributed by atoms with Crippen LogP contribution in [0.2, 0.25) is 0 Å². The molecule has 1 aliphatic rings. The van der Waals surface area contributed by atoms with E-state index in [0.29, 0.717) is 5.25 Å². The molecule has 0 saturated heterocycles. The zero-order valence-electron chi connectivity index (χ0n) is 9.19. The van der Waals surface area contributed by atoms with E-state index in [1.54, 1.807) is 11.3 Å². The van der Waals surface area contributed by atoms with Gasteiger partial charge in [0.25, 0.3) is 0 Å². The van der Waals surface area contributed by atoms with Crippen molar-refractivity contribution in [3.05, 3.63) is 15.6 Å². The van der Waals surface area contributed by atoms with Crippen LogP contribution in [-0.4, -0.2) is 15.3 Å². The predicted molar refractivity (Wildman–Crippen MR) is 66.4 cm³/mol. The number of hydrogen-bond acceptors (Lipinski definition) is 4. The van der Waals surface area contributed by atoms with Gasteiger partial charge in [-0.1, -0.05) is 13.8 Å². The van der Waals surface area contributed by atoms with Crippen molar-refractivity contribution in [1.29, 1.82) is 0 Å². The van der Waals surface area contributed by atoms with Crippen LogP contribution in [0.25, 0.3) is 0 Å². The molecule has 1 unspecified atom stereocenters. The third-order valence-corrected chi connectivity index (χ3v) is 4.93. The summed E-state index contributed by atoms with van der Waals surface area (Å²) in [6.07, 6.45) is 2.79. The van der Waals surface area contributed by atoms with E-state index in [0.717, 1.165) is 30.7 Å². The van der Waals surface area contributed by atoms with E-state index in [4.69, 9.17) is 0 Å². The van der Waals surface area contributed by atoms with Crippen molar-refractivity contribution in [3.63, 3.8) is 0 Å². The second-order valence-electron chi connectivity index (χ2n) is 4.18. The number of aryl methyl sites for hydroxylation is 1. The van der Waals surface area contributed by atoms with Gasteiger partial charge in [0.2, 0.25) is 0 Å². The fourth-order valence-electron chi connectivity index (χ4n) is 1.75. The summed E-state index contributed by atoms with van der Waals surface area (Å²) in [5, 5.41) is 11.6. The van der Waals surface area contributed by atoms with Crippen LogP contribution in [0.1, 0.15) is 48.4 Å². The van der Waals surface area contributed by atoms with Crippen LogP contribution in [0.4, 0.5) is 0 Å². The monoisotopic (exact) mass is 243 g/mol. The molecule has 1 aromatic rings. The average molecular weight is 243 g/mol. The first-order chi connectivity index (χ1) is 7.16. The molecule has 1 atom stereocenters. The molecule has 0 aromatic carbocycles. The van der Waals surface area contributed by atoms with Gasteiger partial charge in [0, 0.05) is 10.6 Å². The number of aromatic nitrogens is 1. The van der Waals surface area contributed by atoms with Gasteiger partial charge in [0.1, 0.15) is 5.01 Å². The van der Waals surface area contributed by atoms with Gasteiger partial charge in [-0.05, 0) is 24.5 Å². The second-order valence-corrected chi connectivity index (χ2v) is 6.92. The zero-order chi connectivity index (χ0) is 10.8. The maximum absolute atomic E-state index is 9.79. The molecule has 2 rings (SSSR count). The number of thioether (sulfide) groups is 1. The van der Waals surface area contributed by atoms with Crippen molar-refractivity contribution >= 4 is 23.1 Å². The van der Waals surface area contributed by atoms with Crippen LogP contribution in [0.5, 0.6) is 0 Å². The minimum absolute atomic E-state index is 0.303. The maximum Gasteiger partial charge on any atom is 0.103 e. The average Bonchev–Trinajstić information content (AvgIpc) is 2.59. The number of thiazole rings is 1. The predicted octanol–water partition coefficient (Wildman–Crippen LogP) is 3.15. The first kappa shape index (κ1) is 11.4. The number of aliphatic hydroxyl groups excluding tert-OH is 1. The van der Waals surface area contributed by atoms with E-state index in [9.17, 15) is 5.11 Å². The van der Waals surface area contributed by atoms with E-state index in [-0.39, 0.29) is 6.10 Å². The zero-order valence-corrected chi connectivity index (χ0v) is 10.8. The summed E-state index contributed by atoms with van der Waals surface area (Å²) in [5.74, 6) is 0.988. The Hall–Kier alpha value is -0.0600. The van der Waals surface area contributed by atoms with E-state index in [1.165, 1.54) is 9.88 Å². The Kier molecular flexibility index (Phi) is 3.69. The van der Waals surface area contributed by atoms with Crippen molar-refractivity contribution in [2.75, 3.05) is 0 Å². The quantitative estimate of drug-likeness (QED) is 0.885. The van der Waals surface area contributed by atoms with Crippen molar-refractivity contribution < 1.29 is 5.11 Å². The standard InChI is InChI=1S/C11H17NOS2/c1-7(2)14-6-10-12-11-8(13)4-3-5-9(11)15-10/h7-8,13H,3-6H2,1-2H3. The highest BCUT2D eigenvalue weighted by Crippen LogP contribution is 2.34. The molecule has 0 bridgehead atoms. The highest BCUT2D eigenvalue weighted by Gasteiger charge is 2.22. The molecule has 0 radical (unpaired) electrons. The number of aliphatic hydroxyl groups is 1. The molecular formula is C11H17NOS2. The Bertz CT molecular complexity index is 335. The molecule has 2 nitrogen and oxygen atoms in total. The lowest BCUT2D eigenvalue weighted by molar-refractivity contribution is 0.153. The summed E-state index contributed by atoms with van der Waals surface area (Å²) in [6.45, 7) is 4.40. The maximum atomic E-state index is 9.79. The molecule has 0 spiro atoms. The van der Waals surface area contributed by atoms with E-state index >= 15 is 0 Å². The third-order valence-electron chi connectivity index (χ3n) is 2.51. The lowest BCUT2D eigenvalue weighted by atomic mass is 10.0. The lowest BCUT2D eigenvalue weighted by Gasteiger charge is -2.14. The van der Waals surface area contributed by atoms with Crippen molar-refractivity contribution in [2.45, 2.75) is 50.2 Å². The first-order valence-corrected chi connectivity index (χ1v) is 7.31. The van der Waals surface area contributed by atoms with Gasteiger partial charge < -0.3 is 5.11 Å². The van der Waals surface area contributed by atoms with Crippen molar-refractivity contribution in [2.24, 2.45) is 0 Å². The van der Waals surface area contributed by atoms with Crippen molar-refractivity contribution in [3.8, 4) is 0 Å². The molecule has 1 aromatic heterocycles. The fourth-order valence-corrected chi connectivity index (χ4v) is 3.69. The largest absolute Gasteiger partial charge is 0.387 e. The lowest BCUT2D eigenvalue weighted by Crippen LogP contribution is -2.07. The van der Waals surface area contributed by atoms with Gasteiger partial charge >= 0.3 is 0 Å². The molecule has 0 aliphatic heterocycles. The number of hydrogen-bond donors (Lipinski definition) is 1. The van der Waals surface area contributed by atoms with Gasteiger partial charge in [0.15, 0.2) is 0 Å². The van der Waals surface area contributed by atoms with Gasteiger partial charge in [-0.25, -0.2) is 4.98 Å². The summed E-state index contributed by atoms with van der Waals surface area (Å²) in [6, 6.07) is 0. The molecule has 84 valence electrons. The number of fused-ring (bicyclic) bond motifs is 1. The van der Waals surface area contributed by atoms with Crippen LogP contribution in [0.3, 0.4) is 0 Å². The number of nitrogens with zero attached hydrogens (tertiary/aromatic N) is 1. The Morgan fingerprint density at radius 2 is 2.40 bits per heavy atom. The van der Waals surface area contributed by atoms with E-state index in [1.807, 2.05) is 11.8 Å². The Morgan fingerprint density at radius 1 is 1.60 bits per heavy atom. The van der Waals surface area contributed by atoms with Crippen LogP contribution < -0.4 is 0 Å². The van der Waals surface area contributed by atoms with Crippen LogP contribution in [-0.2, 0) is 12.2 Å². The SMILES string of the molecule is CC(C)SCc1nc2c(s1)CCCC2O. The van der Waals surface area contributed by atoms with Crippen LogP contribution in [0, 0.1) is 0 Å². The first-order valence-electron chi connectivity index (χ1n) is 5.45. The molecule has 0 amide bonds. The van der Waals surface area contributed by atoms with Gasteiger partial charge in [-0.15, -0.1) is 11.3 Å². The van der Waals surface area contributed by atoms with Gasteiger partial charge in [0.05, 0.1) is 11.8 Å². The highest BCUT2D eigenvalue weighted by molar-refractivity contribution is 7.99. The molecule has 1 N–H and O–H groups in total. The van der Waals surface area contributed by atoms with Crippen molar-refractivity contribution in [1.82, 2.24) is 4.98 Å². The topological polar surface area (TPSA) is 33.1 Å². The summed E-state index contributed by atoms with van der Waals surface area (Å²) in [5.41, 5.74) is 0.964. The molecule has 1 heterocycles. The van der Waals surface area contributed by atoms with Crippen LogP contribution >= 0.6 is 23.1 Å². The highest BCUT2D eigenvalue weighted by atomic mass is 32.2. The number of rotatable bonds is 3. The summed E-state index contributed by atoms with van der Waals surface area (Å²) in [4.78, 5) is 5.86. The fraction of sp³-hybridized carbons (Fsp3) is 0.727. The van der Waals surface area contributed by atoms with Gasteiger partial charge in [-0.3, -0.25) is 0 Å². The summed E-state index contributed by atoms with van der Waals surface area (Å²) < 4.78 is 0. The molecule has 4 heteroatoms. The smallest absolute Gasteiger partial charge is 0.103 e.